The van der Waals surface area contributed by atoms with Crippen LogP contribution in [0.25, 0.3) is 0 Å². The molecular formula is C11H15ClN4. The van der Waals surface area contributed by atoms with Gasteiger partial charge in [-0.25, -0.2) is 4.98 Å². The summed E-state index contributed by atoms with van der Waals surface area (Å²) < 4.78 is 0. The van der Waals surface area contributed by atoms with Gasteiger partial charge in [0.05, 0.1) is 12.4 Å². The molecule has 2 atom stereocenters. The van der Waals surface area contributed by atoms with Crippen LogP contribution in [0.3, 0.4) is 0 Å². The number of anilines is 1. The zero-order chi connectivity index (χ0) is 11.0. The van der Waals surface area contributed by atoms with Crippen molar-refractivity contribution in [3.63, 3.8) is 0 Å². The van der Waals surface area contributed by atoms with E-state index in [0.717, 1.165) is 5.82 Å². The summed E-state index contributed by atoms with van der Waals surface area (Å²) in [7, 11) is 0. The Labute approximate surface area is 100 Å². The van der Waals surface area contributed by atoms with E-state index in [4.69, 9.17) is 11.6 Å². The van der Waals surface area contributed by atoms with E-state index in [9.17, 15) is 0 Å². The highest BCUT2D eigenvalue weighted by Gasteiger charge is 2.37. The van der Waals surface area contributed by atoms with Gasteiger partial charge in [0.1, 0.15) is 11.0 Å². The molecule has 1 N–H and O–H groups in total. The Hall–Kier alpha value is -0.870. The van der Waals surface area contributed by atoms with Crippen LogP contribution in [0, 0.1) is 0 Å². The minimum Gasteiger partial charge on any atom is -0.364 e. The summed E-state index contributed by atoms with van der Waals surface area (Å²) in [4.78, 5) is 10.8. The van der Waals surface area contributed by atoms with Crippen LogP contribution in [0.2, 0.25) is 5.15 Å². The standard InChI is InChI=1S/C11H15ClN4/c12-10-6-13-7-11(15-10)14-8-3-5-16-4-1-2-9(8)16/h6-9H,1-5H2,(H,14,15). The Kier molecular flexibility index (Phi) is 2.69. The summed E-state index contributed by atoms with van der Waals surface area (Å²) in [5.74, 6) is 0.797. The molecule has 2 saturated heterocycles. The molecule has 3 rings (SSSR count). The maximum Gasteiger partial charge on any atom is 0.149 e. The molecule has 3 heterocycles. The normalized spacial score (nSPS) is 29.3. The van der Waals surface area contributed by atoms with Crippen LogP contribution in [0.15, 0.2) is 12.4 Å². The first-order chi connectivity index (χ1) is 7.83. The molecule has 1 aromatic rings. The molecule has 16 heavy (non-hydrogen) atoms. The quantitative estimate of drug-likeness (QED) is 0.853. The Morgan fingerprint density at radius 3 is 3.12 bits per heavy atom. The molecule has 0 aromatic carbocycles. The second-order valence-electron chi connectivity index (χ2n) is 4.51. The Morgan fingerprint density at radius 1 is 1.31 bits per heavy atom. The van der Waals surface area contributed by atoms with Crippen molar-refractivity contribution >= 4 is 17.4 Å². The lowest BCUT2D eigenvalue weighted by atomic mass is 10.1. The SMILES string of the molecule is Clc1cncc(NC2CCN3CCCC23)n1. The van der Waals surface area contributed by atoms with E-state index in [2.05, 4.69) is 20.2 Å². The summed E-state index contributed by atoms with van der Waals surface area (Å²) in [5.41, 5.74) is 0. The molecule has 2 unspecified atom stereocenters. The molecule has 86 valence electrons. The Balaban J connectivity index is 1.71. The summed E-state index contributed by atoms with van der Waals surface area (Å²) in [6, 6.07) is 1.19. The van der Waals surface area contributed by atoms with Crippen LogP contribution >= 0.6 is 11.6 Å². The van der Waals surface area contributed by atoms with Crippen molar-refractivity contribution in [2.45, 2.75) is 31.3 Å². The zero-order valence-corrected chi connectivity index (χ0v) is 9.82. The fourth-order valence-corrected chi connectivity index (χ4v) is 3.00. The van der Waals surface area contributed by atoms with Crippen molar-refractivity contribution in [1.29, 1.82) is 0 Å². The summed E-state index contributed by atoms with van der Waals surface area (Å²) in [6.45, 7) is 2.46. The average Bonchev–Trinajstić information content (AvgIpc) is 2.83. The fourth-order valence-electron chi connectivity index (χ4n) is 2.85. The van der Waals surface area contributed by atoms with E-state index in [0.29, 0.717) is 17.2 Å². The van der Waals surface area contributed by atoms with E-state index in [1.54, 1.807) is 12.4 Å². The van der Waals surface area contributed by atoms with Gasteiger partial charge in [0.15, 0.2) is 0 Å². The molecule has 0 radical (unpaired) electrons. The molecule has 0 amide bonds. The number of hydrogen-bond donors (Lipinski definition) is 1. The third kappa shape index (κ3) is 1.87. The largest absolute Gasteiger partial charge is 0.364 e. The van der Waals surface area contributed by atoms with Crippen LogP contribution in [-0.4, -0.2) is 40.0 Å². The highest BCUT2D eigenvalue weighted by Crippen LogP contribution is 2.29. The number of halogens is 1. The van der Waals surface area contributed by atoms with Gasteiger partial charge in [0.2, 0.25) is 0 Å². The Morgan fingerprint density at radius 2 is 2.25 bits per heavy atom. The number of hydrogen-bond acceptors (Lipinski definition) is 4. The zero-order valence-electron chi connectivity index (χ0n) is 9.06. The molecule has 0 spiro atoms. The number of aromatic nitrogens is 2. The van der Waals surface area contributed by atoms with Crippen LogP contribution in [0.4, 0.5) is 5.82 Å². The van der Waals surface area contributed by atoms with E-state index in [-0.39, 0.29) is 0 Å². The van der Waals surface area contributed by atoms with Crippen molar-refractivity contribution < 1.29 is 0 Å². The summed E-state index contributed by atoms with van der Waals surface area (Å²) >= 11 is 5.82. The van der Waals surface area contributed by atoms with Gasteiger partial charge in [-0.15, -0.1) is 0 Å². The van der Waals surface area contributed by atoms with Crippen molar-refractivity contribution in [1.82, 2.24) is 14.9 Å². The lowest BCUT2D eigenvalue weighted by molar-refractivity contribution is 0.318. The Bertz CT molecular complexity index is 384. The first-order valence-electron chi connectivity index (χ1n) is 5.81. The third-order valence-corrected chi connectivity index (χ3v) is 3.73. The molecular weight excluding hydrogens is 224 g/mol. The van der Waals surface area contributed by atoms with Crippen molar-refractivity contribution in [2.24, 2.45) is 0 Å². The number of nitrogens with zero attached hydrogens (tertiary/aromatic N) is 3. The highest BCUT2D eigenvalue weighted by molar-refractivity contribution is 6.29. The van der Waals surface area contributed by atoms with Gasteiger partial charge < -0.3 is 5.32 Å². The maximum atomic E-state index is 5.82. The van der Waals surface area contributed by atoms with E-state index in [1.807, 2.05) is 0 Å². The first-order valence-corrected chi connectivity index (χ1v) is 6.19. The van der Waals surface area contributed by atoms with Gasteiger partial charge in [-0.3, -0.25) is 9.88 Å². The molecule has 2 aliphatic heterocycles. The minimum absolute atomic E-state index is 0.450. The fraction of sp³-hybridized carbons (Fsp3) is 0.636. The molecule has 4 nitrogen and oxygen atoms in total. The number of fused-ring (bicyclic) bond motifs is 1. The summed E-state index contributed by atoms with van der Waals surface area (Å²) in [5, 5.41) is 3.90. The molecule has 1 aromatic heterocycles. The van der Waals surface area contributed by atoms with E-state index >= 15 is 0 Å². The molecule has 5 heteroatoms. The van der Waals surface area contributed by atoms with Crippen molar-refractivity contribution in [3.8, 4) is 0 Å². The van der Waals surface area contributed by atoms with Gasteiger partial charge in [-0.1, -0.05) is 11.6 Å². The molecule has 2 fully saturated rings. The topological polar surface area (TPSA) is 41.1 Å². The van der Waals surface area contributed by atoms with Crippen molar-refractivity contribution in [2.75, 3.05) is 18.4 Å². The van der Waals surface area contributed by atoms with Gasteiger partial charge in [-0.2, -0.15) is 0 Å². The predicted octanol–water partition coefficient (Wildman–Crippen LogP) is 1.78. The van der Waals surface area contributed by atoms with Crippen LogP contribution in [0.5, 0.6) is 0 Å². The molecule has 2 aliphatic rings. The van der Waals surface area contributed by atoms with Crippen LogP contribution in [0.1, 0.15) is 19.3 Å². The predicted molar refractivity (Wildman–Crippen MR) is 63.7 cm³/mol. The third-order valence-electron chi connectivity index (χ3n) is 3.54. The highest BCUT2D eigenvalue weighted by atomic mass is 35.5. The lowest BCUT2D eigenvalue weighted by Crippen LogP contribution is -2.34. The average molecular weight is 239 g/mol. The second-order valence-corrected chi connectivity index (χ2v) is 4.90. The minimum atomic E-state index is 0.450. The first kappa shape index (κ1) is 10.3. The van der Waals surface area contributed by atoms with E-state index < -0.39 is 0 Å². The van der Waals surface area contributed by atoms with Gasteiger partial charge >= 0.3 is 0 Å². The second kappa shape index (κ2) is 4.18. The monoisotopic (exact) mass is 238 g/mol. The number of rotatable bonds is 2. The van der Waals surface area contributed by atoms with E-state index in [1.165, 1.54) is 32.4 Å². The molecule has 0 bridgehead atoms. The van der Waals surface area contributed by atoms with Gasteiger partial charge in [-0.05, 0) is 25.8 Å². The van der Waals surface area contributed by atoms with Gasteiger partial charge in [0.25, 0.3) is 0 Å². The van der Waals surface area contributed by atoms with Gasteiger partial charge in [0, 0.05) is 18.6 Å². The van der Waals surface area contributed by atoms with Crippen molar-refractivity contribution in [3.05, 3.63) is 17.5 Å². The smallest absolute Gasteiger partial charge is 0.149 e. The number of nitrogens with one attached hydrogen (secondary N) is 1. The maximum absolute atomic E-state index is 5.82. The molecule has 0 saturated carbocycles. The van der Waals surface area contributed by atoms with Crippen LogP contribution < -0.4 is 5.32 Å². The lowest BCUT2D eigenvalue weighted by Gasteiger charge is -2.21. The summed E-state index contributed by atoms with van der Waals surface area (Å²) in [6.07, 6.45) is 7.11. The molecule has 0 aliphatic carbocycles. The van der Waals surface area contributed by atoms with Crippen LogP contribution in [-0.2, 0) is 0 Å².